The first kappa shape index (κ1) is 24.0. The van der Waals surface area contributed by atoms with E-state index in [1.807, 2.05) is 31.2 Å². The van der Waals surface area contributed by atoms with Crippen molar-refractivity contribution in [2.45, 2.75) is 38.6 Å². The van der Waals surface area contributed by atoms with Crippen LogP contribution in [0.4, 0.5) is 10.5 Å². The lowest BCUT2D eigenvalue weighted by molar-refractivity contribution is -0.116. The quantitative estimate of drug-likeness (QED) is 0.411. The highest BCUT2D eigenvalue weighted by Gasteiger charge is 2.29. The highest BCUT2D eigenvalue weighted by molar-refractivity contribution is 5.94. The third-order valence-electron chi connectivity index (χ3n) is 6.33. The Hall–Kier alpha value is -4.13. The highest BCUT2D eigenvalue weighted by Crippen LogP contribution is 2.44. The largest absolute Gasteiger partial charge is 0.478 e. The van der Waals surface area contributed by atoms with Crippen molar-refractivity contribution >= 4 is 23.7 Å². The van der Waals surface area contributed by atoms with Gasteiger partial charge in [-0.25, -0.2) is 9.59 Å². The third-order valence-corrected chi connectivity index (χ3v) is 6.33. The Bertz CT molecular complexity index is 1220. The number of carboxylic acids is 1. The van der Waals surface area contributed by atoms with Crippen molar-refractivity contribution in [2.75, 3.05) is 11.9 Å². The smallest absolute Gasteiger partial charge is 0.407 e. The summed E-state index contributed by atoms with van der Waals surface area (Å²) in [5.74, 6) is -1.33. The van der Waals surface area contributed by atoms with Crippen LogP contribution in [0.5, 0.6) is 0 Å². The zero-order valence-electron chi connectivity index (χ0n) is 19.7. The molecule has 1 aliphatic carbocycles. The number of carbonyl (C=O) groups is 3. The van der Waals surface area contributed by atoms with E-state index in [0.717, 1.165) is 22.3 Å². The topological polar surface area (TPSA) is 105 Å². The van der Waals surface area contributed by atoms with E-state index in [1.54, 1.807) is 19.1 Å². The van der Waals surface area contributed by atoms with Gasteiger partial charge < -0.3 is 20.5 Å². The van der Waals surface area contributed by atoms with Crippen LogP contribution >= 0.6 is 0 Å². The van der Waals surface area contributed by atoms with Gasteiger partial charge in [-0.15, -0.1) is 0 Å². The van der Waals surface area contributed by atoms with Crippen LogP contribution in [0.25, 0.3) is 11.1 Å². The number of hydrogen-bond donors (Lipinski definition) is 3. The molecule has 0 heterocycles. The summed E-state index contributed by atoms with van der Waals surface area (Å²) in [4.78, 5) is 36.2. The maximum Gasteiger partial charge on any atom is 0.407 e. The second-order valence-corrected chi connectivity index (χ2v) is 8.66. The molecule has 180 valence electrons. The maximum absolute atomic E-state index is 12.6. The molecule has 0 unspecified atom stereocenters. The van der Waals surface area contributed by atoms with Crippen molar-refractivity contribution in [3.05, 3.63) is 89.0 Å². The summed E-state index contributed by atoms with van der Waals surface area (Å²) < 4.78 is 5.59. The van der Waals surface area contributed by atoms with Crippen molar-refractivity contribution in [1.29, 1.82) is 0 Å². The summed E-state index contributed by atoms with van der Waals surface area (Å²) in [6, 6.07) is 20.5. The van der Waals surface area contributed by atoms with Crippen LogP contribution in [-0.4, -0.2) is 35.7 Å². The molecule has 0 fully saturated rings. The summed E-state index contributed by atoms with van der Waals surface area (Å²) in [6.45, 7) is 3.76. The fourth-order valence-electron chi connectivity index (χ4n) is 4.52. The minimum Gasteiger partial charge on any atom is -0.478 e. The number of aromatic carboxylic acids is 1. The number of anilines is 1. The van der Waals surface area contributed by atoms with Gasteiger partial charge in [0.15, 0.2) is 0 Å². The van der Waals surface area contributed by atoms with Gasteiger partial charge in [0.1, 0.15) is 6.61 Å². The van der Waals surface area contributed by atoms with Crippen molar-refractivity contribution in [3.8, 4) is 11.1 Å². The first-order valence-corrected chi connectivity index (χ1v) is 11.6. The number of fused-ring (bicyclic) bond motifs is 3. The van der Waals surface area contributed by atoms with Crippen molar-refractivity contribution in [1.82, 2.24) is 5.32 Å². The number of hydrogen-bond acceptors (Lipinski definition) is 4. The standard InChI is InChI=1S/C28H28N2O5/c1-3-18(15-26(31)29-19-12-13-20(27(32)33)17(2)14-19)30-28(34)35-16-25-23-10-6-4-8-21(23)22-9-5-7-11-24(22)25/h4-14,18,25H,3,15-16H2,1-2H3,(H,29,31)(H,30,34)(H,32,33)/t18-/m0/s1. The normalized spacial score (nSPS) is 12.9. The molecule has 0 saturated carbocycles. The molecule has 1 aliphatic rings. The fourth-order valence-corrected chi connectivity index (χ4v) is 4.52. The van der Waals surface area contributed by atoms with E-state index in [1.165, 1.54) is 6.07 Å². The number of carbonyl (C=O) groups excluding carboxylic acids is 2. The molecule has 7 nitrogen and oxygen atoms in total. The van der Waals surface area contributed by atoms with Gasteiger partial charge >= 0.3 is 12.1 Å². The number of carboxylic acid groups (broad SMARTS) is 1. The van der Waals surface area contributed by atoms with E-state index in [-0.39, 0.29) is 30.4 Å². The van der Waals surface area contributed by atoms with Crippen LogP contribution in [0.2, 0.25) is 0 Å². The molecule has 7 heteroatoms. The Balaban J connectivity index is 1.33. The molecule has 1 atom stereocenters. The Kier molecular flexibility index (Phi) is 7.15. The van der Waals surface area contributed by atoms with Crippen LogP contribution in [0, 0.1) is 6.92 Å². The third kappa shape index (κ3) is 5.35. The summed E-state index contributed by atoms with van der Waals surface area (Å²) in [5.41, 5.74) is 5.84. The molecule has 0 radical (unpaired) electrons. The number of aryl methyl sites for hydroxylation is 1. The molecule has 3 aromatic rings. The number of nitrogens with one attached hydrogen (secondary N) is 2. The molecule has 0 bridgehead atoms. The van der Waals surface area contributed by atoms with E-state index in [0.29, 0.717) is 17.7 Å². The minimum absolute atomic E-state index is 0.0338. The summed E-state index contributed by atoms with van der Waals surface area (Å²) in [6.07, 6.45) is 0.0582. The maximum atomic E-state index is 12.6. The van der Waals surface area contributed by atoms with Gasteiger partial charge in [0.2, 0.25) is 5.91 Å². The zero-order valence-corrected chi connectivity index (χ0v) is 19.7. The molecule has 0 aliphatic heterocycles. The van der Waals surface area contributed by atoms with E-state index in [4.69, 9.17) is 9.84 Å². The molecule has 35 heavy (non-hydrogen) atoms. The predicted octanol–water partition coefficient (Wildman–Crippen LogP) is 5.34. The molecular formula is C28H28N2O5. The molecule has 3 N–H and O–H groups in total. The Morgan fingerprint density at radius 3 is 2.17 bits per heavy atom. The van der Waals surface area contributed by atoms with Crippen LogP contribution in [0.15, 0.2) is 66.7 Å². The van der Waals surface area contributed by atoms with E-state index in [2.05, 4.69) is 34.9 Å². The summed E-state index contributed by atoms with van der Waals surface area (Å²) in [7, 11) is 0. The number of alkyl carbamates (subject to hydrolysis) is 1. The Labute approximate surface area is 204 Å². The second kappa shape index (κ2) is 10.4. The van der Waals surface area contributed by atoms with Crippen molar-refractivity contribution in [2.24, 2.45) is 0 Å². The zero-order chi connectivity index (χ0) is 24.9. The highest BCUT2D eigenvalue weighted by atomic mass is 16.5. The van der Waals surface area contributed by atoms with E-state index in [9.17, 15) is 14.4 Å². The van der Waals surface area contributed by atoms with Gasteiger partial charge in [0.05, 0.1) is 5.56 Å². The monoisotopic (exact) mass is 472 g/mol. The van der Waals surface area contributed by atoms with Crippen LogP contribution < -0.4 is 10.6 Å². The lowest BCUT2D eigenvalue weighted by Gasteiger charge is -2.19. The average molecular weight is 473 g/mol. The molecule has 4 rings (SSSR count). The predicted molar refractivity (Wildman–Crippen MR) is 134 cm³/mol. The lowest BCUT2D eigenvalue weighted by Crippen LogP contribution is -2.38. The Morgan fingerprint density at radius 1 is 0.971 bits per heavy atom. The molecule has 0 saturated heterocycles. The SMILES string of the molecule is CC[C@@H](CC(=O)Nc1ccc(C(=O)O)c(C)c1)NC(=O)OCC1c2ccccc2-c2ccccc21. The van der Waals surface area contributed by atoms with Crippen molar-refractivity contribution in [3.63, 3.8) is 0 Å². The van der Waals surface area contributed by atoms with Crippen molar-refractivity contribution < 1.29 is 24.2 Å². The number of ether oxygens (including phenoxy) is 1. The van der Waals surface area contributed by atoms with Crippen LogP contribution in [-0.2, 0) is 9.53 Å². The Morgan fingerprint density at radius 2 is 1.60 bits per heavy atom. The number of rotatable bonds is 8. The van der Waals surface area contributed by atoms with Crippen LogP contribution in [0.1, 0.15) is 52.7 Å². The average Bonchev–Trinajstić information content (AvgIpc) is 3.16. The van der Waals surface area contributed by atoms with Gasteiger partial charge in [-0.1, -0.05) is 55.5 Å². The summed E-state index contributed by atoms with van der Waals surface area (Å²) >= 11 is 0. The molecule has 0 spiro atoms. The lowest BCUT2D eigenvalue weighted by atomic mass is 9.98. The fraction of sp³-hybridized carbons (Fsp3) is 0.250. The first-order valence-electron chi connectivity index (χ1n) is 11.6. The second-order valence-electron chi connectivity index (χ2n) is 8.66. The van der Waals surface area contributed by atoms with Gasteiger partial charge in [-0.2, -0.15) is 0 Å². The number of benzene rings is 3. The van der Waals surface area contributed by atoms with Gasteiger partial charge in [0.25, 0.3) is 0 Å². The molecule has 0 aromatic heterocycles. The first-order chi connectivity index (χ1) is 16.9. The van der Waals surface area contributed by atoms with E-state index < -0.39 is 18.1 Å². The molecule has 2 amide bonds. The van der Waals surface area contributed by atoms with Gasteiger partial charge in [0, 0.05) is 24.1 Å². The summed E-state index contributed by atoms with van der Waals surface area (Å²) in [5, 5.41) is 14.7. The minimum atomic E-state index is -1.02. The molecular weight excluding hydrogens is 444 g/mol. The number of amides is 2. The van der Waals surface area contributed by atoms with Gasteiger partial charge in [-0.05, 0) is 59.4 Å². The van der Waals surface area contributed by atoms with Gasteiger partial charge in [-0.3, -0.25) is 4.79 Å². The molecule has 3 aromatic carbocycles. The van der Waals surface area contributed by atoms with Crippen LogP contribution in [0.3, 0.4) is 0 Å². The van der Waals surface area contributed by atoms with E-state index >= 15 is 0 Å².